The van der Waals surface area contributed by atoms with E-state index in [4.69, 9.17) is 14.2 Å². The van der Waals surface area contributed by atoms with Gasteiger partial charge in [0.05, 0.1) is 48.2 Å². The van der Waals surface area contributed by atoms with Crippen molar-refractivity contribution in [3.63, 3.8) is 0 Å². The summed E-state index contributed by atoms with van der Waals surface area (Å²) in [6.45, 7) is 10.3. The first-order chi connectivity index (χ1) is 22.4. The summed E-state index contributed by atoms with van der Waals surface area (Å²) in [5, 5.41) is 37.9. The van der Waals surface area contributed by atoms with Crippen molar-refractivity contribution in [2.24, 2.45) is 20.5 Å². The molecule has 0 N–H and O–H groups in total. The monoisotopic (exact) mass is 642 g/mol. The Morgan fingerprint density at radius 1 is 0.553 bits per heavy atom. The molecule has 4 rings (SSSR count). The highest BCUT2D eigenvalue weighted by molar-refractivity contribution is 5.60. The number of nitro groups is 2. The van der Waals surface area contributed by atoms with Crippen molar-refractivity contribution in [2.75, 3.05) is 21.3 Å². The lowest BCUT2D eigenvalue weighted by molar-refractivity contribution is -0.385. The highest BCUT2D eigenvalue weighted by Gasteiger charge is 2.14. The Morgan fingerprint density at radius 2 is 0.936 bits per heavy atom. The van der Waals surface area contributed by atoms with Gasteiger partial charge < -0.3 is 14.2 Å². The predicted molar refractivity (Wildman–Crippen MR) is 180 cm³/mol. The van der Waals surface area contributed by atoms with E-state index >= 15 is 0 Å². The zero-order valence-corrected chi connectivity index (χ0v) is 27.6. The maximum absolute atomic E-state index is 10.7. The molecule has 0 spiro atoms. The molecule has 0 radical (unpaired) electrons. The number of nitrogens with zero attached hydrogens (tertiary/aromatic N) is 6. The van der Waals surface area contributed by atoms with Gasteiger partial charge in [0.1, 0.15) is 22.9 Å². The normalized spacial score (nSPS) is 11.1. The number of benzene rings is 4. The van der Waals surface area contributed by atoms with E-state index < -0.39 is 9.85 Å². The first-order valence-corrected chi connectivity index (χ1v) is 14.6. The average molecular weight is 643 g/mol. The molecule has 0 aliphatic heterocycles. The molecule has 47 heavy (non-hydrogen) atoms. The van der Waals surface area contributed by atoms with E-state index in [0.717, 1.165) is 22.4 Å². The number of nitro benzene ring substituents is 2. The van der Waals surface area contributed by atoms with Crippen molar-refractivity contribution in [3.05, 3.63) is 110 Å². The largest absolute Gasteiger partial charge is 0.496 e. The highest BCUT2D eigenvalue weighted by Crippen LogP contribution is 2.39. The average Bonchev–Trinajstić information content (AvgIpc) is 3.06. The minimum atomic E-state index is -0.459. The molecule has 0 saturated heterocycles. The molecule has 0 aliphatic carbocycles. The van der Waals surface area contributed by atoms with Gasteiger partial charge in [0.25, 0.3) is 11.4 Å². The SMILES string of the molecule is COc1cc(C(C)C)c(OC)cc1N=Nc1ccc([N+](=O)[O-])cc1.COc1cc(N=Nc2ccc([N+](=O)[O-])cc2)c(C)cc1C(C)C. The first kappa shape index (κ1) is 35.8. The van der Waals surface area contributed by atoms with Crippen LogP contribution in [-0.2, 0) is 0 Å². The van der Waals surface area contributed by atoms with E-state index in [9.17, 15) is 20.2 Å². The van der Waals surface area contributed by atoms with Gasteiger partial charge in [0.15, 0.2) is 0 Å². The number of ether oxygens (including phenoxy) is 3. The van der Waals surface area contributed by atoms with Crippen LogP contribution in [0.15, 0.2) is 93.3 Å². The molecule has 4 aromatic carbocycles. The van der Waals surface area contributed by atoms with Crippen molar-refractivity contribution in [3.8, 4) is 17.2 Å². The number of hydrogen-bond acceptors (Lipinski definition) is 11. The zero-order chi connectivity index (χ0) is 34.7. The predicted octanol–water partition coefficient (Wildman–Crippen LogP) is 10.6. The second-order valence-electron chi connectivity index (χ2n) is 10.9. The number of aryl methyl sites for hydroxylation is 1. The lowest BCUT2D eigenvalue weighted by Crippen LogP contribution is -1.96. The van der Waals surface area contributed by atoms with Crippen LogP contribution >= 0.6 is 0 Å². The van der Waals surface area contributed by atoms with Crippen molar-refractivity contribution < 1.29 is 24.1 Å². The van der Waals surface area contributed by atoms with Gasteiger partial charge in [-0.25, -0.2) is 0 Å². The van der Waals surface area contributed by atoms with Gasteiger partial charge in [0, 0.05) is 42.0 Å². The number of methoxy groups -OCH3 is 3. The third-order valence-electron chi connectivity index (χ3n) is 6.99. The molecule has 0 atom stereocenters. The minimum absolute atomic E-state index is 0.00878. The van der Waals surface area contributed by atoms with Crippen molar-refractivity contribution in [1.82, 2.24) is 0 Å². The van der Waals surface area contributed by atoms with Crippen LogP contribution in [0.3, 0.4) is 0 Å². The molecular weight excluding hydrogens is 604 g/mol. The lowest BCUT2D eigenvalue weighted by Gasteiger charge is -2.14. The second kappa shape index (κ2) is 16.5. The fourth-order valence-electron chi connectivity index (χ4n) is 4.38. The molecule has 0 saturated carbocycles. The quantitative estimate of drug-likeness (QED) is 0.0891. The van der Waals surface area contributed by atoms with E-state index in [1.807, 2.05) is 25.1 Å². The summed E-state index contributed by atoms with van der Waals surface area (Å²) in [5.74, 6) is 2.70. The summed E-state index contributed by atoms with van der Waals surface area (Å²) in [4.78, 5) is 20.4. The van der Waals surface area contributed by atoms with Gasteiger partial charge in [-0.3, -0.25) is 20.2 Å². The molecule has 0 aromatic heterocycles. The summed E-state index contributed by atoms with van der Waals surface area (Å²) >= 11 is 0. The number of non-ortho nitro benzene ring substituents is 2. The zero-order valence-electron chi connectivity index (χ0n) is 27.6. The molecule has 4 aromatic rings. The van der Waals surface area contributed by atoms with Gasteiger partial charge in [0.2, 0.25) is 0 Å². The van der Waals surface area contributed by atoms with Crippen LogP contribution in [0.4, 0.5) is 34.1 Å². The molecule has 246 valence electrons. The summed E-state index contributed by atoms with van der Waals surface area (Å²) in [7, 11) is 4.80. The third kappa shape index (κ3) is 9.63. The van der Waals surface area contributed by atoms with Gasteiger partial charge in [-0.15, -0.1) is 5.11 Å². The van der Waals surface area contributed by atoms with Crippen LogP contribution < -0.4 is 14.2 Å². The van der Waals surface area contributed by atoms with Gasteiger partial charge in [-0.1, -0.05) is 27.7 Å². The Balaban J connectivity index is 0.000000256. The number of rotatable bonds is 11. The first-order valence-electron chi connectivity index (χ1n) is 14.6. The minimum Gasteiger partial charge on any atom is -0.496 e. The molecule has 0 fully saturated rings. The molecule has 13 nitrogen and oxygen atoms in total. The lowest BCUT2D eigenvalue weighted by atomic mass is 9.99. The molecule has 0 bridgehead atoms. The Kier molecular flexibility index (Phi) is 12.6. The Labute approximate surface area is 273 Å². The topological polar surface area (TPSA) is 163 Å². The Bertz CT molecular complexity index is 1750. The molecule has 0 amide bonds. The standard InChI is InChI=1S/C17H19N3O4.C17H19N3O3/c1-11(2)14-9-17(24-4)15(10-16(14)23-3)19-18-12-5-7-13(8-6-12)20(21)22;1-11(2)15-9-12(3)16(10-17(15)23-4)19-18-13-5-7-14(8-6-13)20(21)22/h5-11H,1-4H3;5-11H,1-4H3. The van der Waals surface area contributed by atoms with Crippen molar-refractivity contribution in [2.45, 2.75) is 46.5 Å². The molecule has 0 heterocycles. The van der Waals surface area contributed by atoms with E-state index in [1.54, 1.807) is 39.5 Å². The summed E-state index contributed by atoms with van der Waals surface area (Å²) in [6, 6.07) is 19.3. The van der Waals surface area contributed by atoms with Crippen LogP contribution in [0.5, 0.6) is 17.2 Å². The van der Waals surface area contributed by atoms with Crippen LogP contribution in [0.2, 0.25) is 0 Å². The van der Waals surface area contributed by atoms with Crippen molar-refractivity contribution in [1.29, 1.82) is 0 Å². The molecular formula is C34H38N6O7. The maximum atomic E-state index is 10.7. The van der Waals surface area contributed by atoms with Crippen LogP contribution in [0.25, 0.3) is 0 Å². The second-order valence-corrected chi connectivity index (χ2v) is 10.9. The third-order valence-corrected chi connectivity index (χ3v) is 6.99. The smallest absolute Gasteiger partial charge is 0.269 e. The van der Waals surface area contributed by atoms with Gasteiger partial charge in [-0.05, 0) is 66.3 Å². The Morgan fingerprint density at radius 3 is 1.32 bits per heavy atom. The number of azo groups is 2. The van der Waals surface area contributed by atoms with Gasteiger partial charge >= 0.3 is 0 Å². The molecule has 13 heteroatoms. The Hall–Kier alpha value is -5.72. The van der Waals surface area contributed by atoms with Crippen LogP contribution in [0, 0.1) is 27.2 Å². The van der Waals surface area contributed by atoms with Gasteiger partial charge in [-0.2, -0.15) is 15.3 Å². The molecule has 0 aliphatic rings. The van der Waals surface area contributed by atoms with E-state index in [1.165, 1.54) is 36.4 Å². The molecule has 0 unspecified atom stereocenters. The summed E-state index contributed by atoms with van der Waals surface area (Å²) in [6.07, 6.45) is 0. The fraction of sp³-hybridized carbons (Fsp3) is 0.294. The number of hydrogen-bond donors (Lipinski definition) is 0. The highest BCUT2D eigenvalue weighted by atomic mass is 16.6. The van der Waals surface area contributed by atoms with E-state index in [2.05, 4.69) is 48.2 Å². The fourth-order valence-corrected chi connectivity index (χ4v) is 4.38. The maximum Gasteiger partial charge on any atom is 0.269 e. The van der Waals surface area contributed by atoms with E-state index in [0.29, 0.717) is 40.2 Å². The van der Waals surface area contributed by atoms with Crippen LogP contribution in [-0.4, -0.2) is 31.2 Å². The summed E-state index contributed by atoms with van der Waals surface area (Å²) < 4.78 is 16.2. The van der Waals surface area contributed by atoms with Crippen LogP contribution in [0.1, 0.15) is 56.2 Å². The summed E-state index contributed by atoms with van der Waals surface area (Å²) in [5.41, 5.74) is 5.49. The van der Waals surface area contributed by atoms with E-state index in [-0.39, 0.29) is 17.3 Å². The van der Waals surface area contributed by atoms with Crippen molar-refractivity contribution >= 4 is 34.1 Å².